The van der Waals surface area contributed by atoms with Crippen LogP contribution in [0.5, 0.6) is 0 Å². The van der Waals surface area contributed by atoms with Gasteiger partial charge in [-0.2, -0.15) is 0 Å². The zero-order chi connectivity index (χ0) is 15.5. The molecule has 114 valence electrons. The summed E-state index contributed by atoms with van der Waals surface area (Å²) in [6.07, 6.45) is 3.85. The number of carboxylic acid groups (broad SMARTS) is 1. The van der Waals surface area contributed by atoms with E-state index in [9.17, 15) is 19.1 Å². The molecule has 0 aromatic heterocycles. The average Bonchev–Trinajstić information content (AvgIpc) is 2.48. The highest BCUT2D eigenvalue weighted by Crippen LogP contribution is 2.36. The molecule has 1 saturated carbocycles. The molecule has 0 heterocycles. The van der Waals surface area contributed by atoms with Crippen LogP contribution in [-0.2, 0) is 4.79 Å². The molecular weight excluding hydrogens is 297 g/mol. The van der Waals surface area contributed by atoms with Gasteiger partial charge in [-0.25, -0.2) is 4.39 Å². The summed E-state index contributed by atoms with van der Waals surface area (Å²) in [4.78, 5) is 23.5. The van der Waals surface area contributed by atoms with Crippen molar-refractivity contribution in [3.63, 3.8) is 0 Å². The molecule has 0 spiro atoms. The van der Waals surface area contributed by atoms with Gasteiger partial charge in [-0.1, -0.05) is 30.9 Å². The van der Waals surface area contributed by atoms with Crippen LogP contribution in [0.3, 0.4) is 0 Å². The zero-order valence-corrected chi connectivity index (χ0v) is 12.3. The zero-order valence-electron chi connectivity index (χ0n) is 11.5. The Labute approximate surface area is 127 Å². The second-order valence-electron chi connectivity index (χ2n) is 5.46. The Morgan fingerprint density at radius 2 is 1.95 bits per heavy atom. The van der Waals surface area contributed by atoms with Crippen molar-refractivity contribution in [1.29, 1.82) is 0 Å². The molecule has 0 atom stereocenters. The number of hydrogen-bond acceptors (Lipinski definition) is 2. The minimum Gasteiger partial charge on any atom is -0.481 e. The Hall–Kier alpha value is -1.62. The largest absolute Gasteiger partial charge is 0.481 e. The normalized spacial score (nSPS) is 17.2. The van der Waals surface area contributed by atoms with E-state index in [4.69, 9.17) is 11.6 Å². The molecule has 1 fully saturated rings. The van der Waals surface area contributed by atoms with Gasteiger partial charge in [0.1, 0.15) is 5.82 Å². The van der Waals surface area contributed by atoms with E-state index in [0.717, 1.165) is 25.3 Å². The van der Waals surface area contributed by atoms with Crippen LogP contribution in [0.1, 0.15) is 42.5 Å². The van der Waals surface area contributed by atoms with Gasteiger partial charge < -0.3 is 10.4 Å². The van der Waals surface area contributed by atoms with Crippen molar-refractivity contribution in [3.05, 3.63) is 34.6 Å². The van der Waals surface area contributed by atoms with Gasteiger partial charge in [0.2, 0.25) is 0 Å². The molecule has 1 amide bonds. The van der Waals surface area contributed by atoms with Gasteiger partial charge in [-0.05, 0) is 31.0 Å². The molecule has 1 aromatic carbocycles. The molecule has 0 bridgehead atoms. The Kier molecular flexibility index (Phi) is 4.83. The molecule has 0 radical (unpaired) electrons. The van der Waals surface area contributed by atoms with Crippen LogP contribution in [0.25, 0.3) is 0 Å². The molecule has 0 aliphatic heterocycles. The summed E-state index contributed by atoms with van der Waals surface area (Å²) < 4.78 is 13.1. The number of halogens is 2. The SMILES string of the molecule is O=C(NCC1(C(=O)O)CCCCC1)c1ccc(F)c(Cl)c1. The average molecular weight is 314 g/mol. The van der Waals surface area contributed by atoms with Gasteiger partial charge in [0.15, 0.2) is 0 Å². The molecule has 2 rings (SSSR count). The predicted octanol–water partition coefficient (Wildman–Crippen LogP) is 3.24. The quantitative estimate of drug-likeness (QED) is 0.896. The van der Waals surface area contributed by atoms with E-state index >= 15 is 0 Å². The fraction of sp³-hybridized carbons (Fsp3) is 0.467. The number of nitrogens with one attached hydrogen (secondary N) is 1. The third-order valence-electron chi connectivity index (χ3n) is 4.03. The van der Waals surface area contributed by atoms with E-state index in [2.05, 4.69) is 5.32 Å². The lowest BCUT2D eigenvalue weighted by Crippen LogP contribution is -2.44. The summed E-state index contributed by atoms with van der Waals surface area (Å²) in [6, 6.07) is 3.68. The van der Waals surface area contributed by atoms with Crippen LogP contribution < -0.4 is 5.32 Å². The Bertz CT molecular complexity index is 556. The van der Waals surface area contributed by atoms with Crippen LogP contribution in [0.2, 0.25) is 5.02 Å². The predicted molar refractivity (Wildman–Crippen MR) is 76.9 cm³/mol. The van der Waals surface area contributed by atoms with E-state index in [0.29, 0.717) is 12.8 Å². The minimum absolute atomic E-state index is 0.0795. The first kappa shape index (κ1) is 15.8. The molecule has 1 aromatic rings. The first-order valence-corrected chi connectivity index (χ1v) is 7.29. The second-order valence-corrected chi connectivity index (χ2v) is 5.86. The van der Waals surface area contributed by atoms with Crippen LogP contribution in [0, 0.1) is 11.2 Å². The maximum Gasteiger partial charge on any atom is 0.311 e. The molecule has 1 aliphatic carbocycles. The van der Waals surface area contributed by atoms with Crippen LogP contribution in [0.4, 0.5) is 4.39 Å². The van der Waals surface area contributed by atoms with Crippen molar-refractivity contribution in [2.75, 3.05) is 6.54 Å². The molecule has 6 heteroatoms. The Morgan fingerprint density at radius 1 is 1.29 bits per heavy atom. The molecule has 2 N–H and O–H groups in total. The number of hydrogen-bond donors (Lipinski definition) is 2. The number of carbonyl (C=O) groups is 2. The van der Waals surface area contributed by atoms with Gasteiger partial charge in [-0.3, -0.25) is 9.59 Å². The Balaban J connectivity index is 2.05. The number of carbonyl (C=O) groups excluding carboxylic acids is 1. The van der Waals surface area contributed by atoms with Gasteiger partial charge in [0.05, 0.1) is 10.4 Å². The van der Waals surface area contributed by atoms with E-state index in [1.807, 2.05) is 0 Å². The maximum atomic E-state index is 13.1. The summed E-state index contributed by atoms with van der Waals surface area (Å²) in [7, 11) is 0. The number of benzene rings is 1. The maximum absolute atomic E-state index is 13.1. The molecule has 0 saturated heterocycles. The van der Waals surface area contributed by atoms with Gasteiger partial charge in [0, 0.05) is 12.1 Å². The van der Waals surface area contributed by atoms with Crippen LogP contribution in [-0.4, -0.2) is 23.5 Å². The smallest absolute Gasteiger partial charge is 0.311 e. The van der Waals surface area contributed by atoms with Gasteiger partial charge in [-0.15, -0.1) is 0 Å². The molecule has 1 aliphatic rings. The highest BCUT2D eigenvalue weighted by atomic mass is 35.5. The van der Waals surface area contributed by atoms with Crippen molar-refractivity contribution < 1.29 is 19.1 Å². The summed E-state index contributed by atoms with van der Waals surface area (Å²) in [5.41, 5.74) is -0.671. The highest BCUT2D eigenvalue weighted by molar-refractivity contribution is 6.31. The number of amides is 1. The van der Waals surface area contributed by atoms with Crippen molar-refractivity contribution in [2.45, 2.75) is 32.1 Å². The number of rotatable bonds is 4. The Morgan fingerprint density at radius 3 is 2.52 bits per heavy atom. The third kappa shape index (κ3) is 3.53. The van der Waals surface area contributed by atoms with Crippen molar-refractivity contribution >= 4 is 23.5 Å². The van der Waals surface area contributed by atoms with E-state index in [1.54, 1.807) is 0 Å². The van der Waals surface area contributed by atoms with E-state index in [1.165, 1.54) is 12.1 Å². The molecular formula is C15H17ClFNO3. The summed E-state index contributed by atoms with van der Waals surface area (Å²) in [5, 5.41) is 11.9. The first-order chi connectivity index (χ1) is 9.94. The third-order valence-corrected chi connectivity index (χ3v) is 4.32. The van der Waals surface area contributed by atoms with Crippen LogP contribution in [0.15, 0.2) is 18.2 Å². The molecule has 0 unspecified atom stereocenters. The lowest BCUT2D eigenvalue weighted by Gasteiger charge is -2.33. The fourth-order valence-corrected chi connectivity index (χ4v) is 2.86. The van der Waals surface area contributed by atoms with Gasteiger partial charge in [0.25, 0.3) is 5.91 Å². The van der Waals surface area contributed by atoms with Gasteiger partial charge >= 0.3 is 5.97 Å². The summed E-state index contributed by atoms with van der Waals surface area (Å²) in [6.45, 7) is 0.0795. The summed E-state index contributed by atoms with van der Waals surface area (Å²) >= 11 is 5.64. The van der Waals surface area contributed by atoms with E-state index < -0.39 is 23.1 Å². The van der Waals surface area contributed by atoms with Crippen molar-refractivity contribution in [1.82, 2.24) is 5.32 Å². The van der Waals surface area contributed by atoms with Crippen molar-refractivity contribution in [2.24, 2.45) is 5.41 Å². The summed E-state index contributed by atoms with van der Waals surface area (Å²) in [5.74, 6) is -1.91. The minimum atomic E-state index is -0.891. The van der Waals surface area contributed by atoms with Crippen molar-refractivity contribution in [3.8, 4) is 0 Å². The van der Waals surface area contributed by atoms with Crippen LogP contribution >= 0.6 is 11.6 Å². The lowest BCUT2D eigenvalue weighted by atomic mass is 9.74. The lowest BCUT2D eigenvalue weighted by molar-refractivity contribution is -0.150. The van der Waals surface area contributed by atoms with E-state index in [-0.39, 0.29) is 17.1 Å². The first-order valence-electron chi connectivity index (χ1n) is 6.91. The standard InChI is InChI=1S/C15H17ClFNO3/c16-11-8-10(4-5-12(11)17)13(19)18-9-15(14(20)21)6-2-1-3-7-15/h4-5,8H,1-3,6-7,9H2,(H,18,19)(H,20,21). The topological polar surface area (TPSA) is 66.4 Å². The fourth-order valence-electron chi connectivity index (χ4n) is 2.68. The number of aliphatic carboxylic acids is 1. The monoisotopic (exact) mass is 313 g/mol. The molecule has 21 heavy (non-hydrogen) atoms. The number of carboxylic acids is 1. The molecule has 4 nitrogen and oxygen atoms in total. The second kappa shape index (κ2) is 6.43. The highest BCUT2D eigenvalue weighted by Gasteiger charge is 2.39.